The molecular formula is C11H18N2O4S. The Morgan fingerprint density at radius 2 is 2.17 bits per heavy atom. The lowest BCUT2D eigenvalue weighted by Gasteiger charge is -2.26. The van der Waals surface area contributed by atoms with Crippen molar-refractivity contribution in [2.45, 2.75) is 0 Å². The van der Waals surface area contributed by atoms with E-state index < -0.39 is 16.6 Å². The molecule has 1 rings (SSSR count). The van der Waals surface area contributed by atoms with E-state index in [1.165, 1.54) is 13.4 Å². The Labute approximate surface area is 107 Å². The van der Waals surface area contributed by atoms with Gasteiger partial charge in [0.2, 0.25) is 0 Å². The molecule has 0 fully saturated rings. The fourth-order valence-electron chi connectivity index (χ4n) is 1.33. The van der Waals surface area contributed by atoms with Gasteiger partial charge in [0.25, 0.3) is 0 Å². The number of hydrogen-bond acceptors (Lipinski definition) is 6. The maximum absolute atomic E-state index is 11.3. The number of ether oxygens (including phenoxy) is 1. The molecule has 6 nitrogen and oxygen atoms in total. The maximum atomic E-state index is 11.3. The highest BCUT2D eigenvalue weighted by Gasteiger charge is 2.09. The molecule has 1 aromatic carbocycles. The van der Waals surface area contributed by atoms with Crippen molar-refractivity contribution in [3.05, 3.63) is 23.8 Å². The zero-order valence-corrected chi connectivity index (χ0v) is 11.2. The van der Waals surface area contributed by atoms with Crippen LogP contribution >= 0.6 is 10.6 Å². The molecule has 0 unspecified atom stereocenters. The Bertz CT molecular complexity index is 432. The Morgan fingerprint density at radius 1 is 1.50 bits per heavy atom. The van der Waals surface area contributed by atoms with Gasteiger partial charge in [-0.3, -0.25) is 9.11 Å². The average Bonchev–Trinajstić information content (AvgIpc) is 2.29. The van der Waals surface area contributed by atoms with E-state index in [9.17, 15) is 13.9 Å². The Balaban J connectivity index is 2.73. The number of nitrogens with two attached hydrogens (primary N) is 1. The Hall–Kier alpha value is -1.44. The molecule has 18 heavy (non-hydrogen) atoms. The number of carbonyl (C=O) groups excluding carboxylic acids is 1. The molecule has 0 atom stereocenters. The molecule has 0 aliphatic heterocycles. The van der Waals surface area contributed by atoms with Crippen molar-refractivity contribution >= 4 is 27.9 Å². The van der Waals surface area contributed by atoms with Crippen LogP contribution in [-0.4, -0.2) is 40.7 Å². The minimum Gasteiger partial charge on any atom is -0.465 e. The Morgan fingerprint density at radius 3 is 2.72 bits per heavy atom. The summed E-state index contributed by atoms with van der Waals surface area (Å²) in [7, 11) is -1.23. The van der Waals surface area contributed by atoms with Crippen LogP contribution in [0, 0.1) is 0 Å². The minimum absolute atomic E-state index is 0.217. The van der Waals surface area contributed by atoms with Crippen molar-refractivity contribution in [2.24, 2.45) is 0 Å². The van der Waals surface area contributed by atoms with Crippen LogP contribution < -0.4 is 11.1 Å². The number of anilines is 2. The lowest BCUT2D eigenvalue weighted by atomic mass is 10.1. The summed E-state index contributed by atoms with van der Waals surface area (Å²) in [5, 5.41) is 2.96. The monoisotopic (exact) mass is 274 g/mol. The van der Waals surface area contributed by atoms with Gasteiger partial charge in [-0.05, 0) is 18.2 Å². The number of nitrogens with one attached hydrogen (secondary N) is 1. The van der Waals surface area contributed by atoms with Crippen LogP contribution in [0.1, 0.15) is 10.4 Å². The Kier molecular flexibility index (Phi) is 4.83. The first-order valence-electron chi connectivity index (χ1n) is 5.26. The average molecular weight is 274 g/mol. The molecule has 0 saturated heterocycles. The van der Waals surface area contributed by atoms with Crippen LogP contribution in [0.25, 0.3) is 0 Å². The van der Waals surface area contributed by atoms with Crippen LogP contribution in [0.2, 0.25) is 0 Å². The van der Waals surface area contributed by atoms with Gasteiger partial charge in [-0.15, -0.1) is 0 Å². The number of rotatable bonds is 5. The molecule has 0 aliphatic rings. The van der Waals surface area contributed by atoms with Gasteiger partial charge in [-0.25, -0.2) is 4.79 Å². The van der Waals surface area contributed by atoms with Gasteiger partial charge < -0.3 is 15.8 Å². The summed E-state index contributed by atoms with van der Waals surface area (Å²) in [5.74, 6) is -0.229. The van der Waals surface area contributed by atoms with E-state index in [1.54, 1.807) is 18.2 Å². The number of nitrogen functional groups attached to an aromatic ring is 1. The molecule has 5 N–H and O–H groups in total. The molecule has 0 bridgehead atoms. The third-order valence-electron chi connectivity index (χ3n) is 2.28. The van der Waals surface area contributed by atoms with E-state index in [0.29, 0.717) is 23.5 Å². The first-order valence-corrected chi connectivity index (χ1v) is 7.38. The third kappa shape index (κ3) is 4.44. The van der Waals surface area contributed by atoms with E-state index in [4.69, 9.17) is 5.73 Å². The summed E-state index contributed by atoms with van der Waals surface area (Å²) in [6.45, 7) is 0.355. The number of methoxy groups -OCH3 is 1. The molecule has 0 heterocycles. The molecule has 0 spiro atoms. The van der Waals surface area contributed by atoms with Crippen molar-refractivity contribution in [1.29, 1.82) is 0 Å². The second kappa shape index (κ2) is 5.94. The lowest BCUT2D eigenvalue weighted by molar-refractivity contribution is 0.0601. The van der Waals surface area contributed by atoms with Crippen molar-refractivity contribution in [3.63, 3.8) is 0 Å². The summed E-state index contributed by atoms with van der Waals surface area (Å²) in [6.07, 6.45) is 1.38. The molecular weight excluding hydrogens is 256 g/mol. The number of hydrogen-bond donors (Lipinski definition) is 4. The molecule has 0 amide bonds. The van der Waals surface area contributed by atoms with Gasteiger partial charge in [-0.1, -0.05) is 0 Å². The van der Waals surface area contributed by atoms with E-state index in [-0.39, 0.29) is 5.75 Å². The van der Waals surface area contributed by atoms with Gasteiger partial charge in [0, 0.05) is 12.8 Å². The molecule has 0 saturated carbocycles. The van der Waals surface area contributed by atoms with Crippen molar-refractivity contribution in [3.8, 4) is 0 Å². The number of benzene rings is 1. The van der Waals surface area contributed by atoms with Crippen molar-refractivity contribution in [2.75, 3.05) is 36.7 Å². The predicted molar refractivity (Wildman–Crippen MR) is 74.3 cm³/mol. The predicted octanol–water partition coefficient (Wildman–Crippen LogP) is 1.85. The van der Waals surface area contributed by atoms with Gasteiger partial charge >= 0.3 is 5.97 Å². The smallest absolute Gasteiger partial charge is 0.337 e. The summed E-state index contributed by atoms with van der Waals surface area (Å²) in [4.78, 5) is 11.3. The highest BCUT2D eigenvalue weighted by molar-refractivity contribution is 8.23. The minimum atomic E-state index is -2.53. The highest BCUT2D eigenvalue weighted by Crippen LogP contribution is 2.32. The van der Waals surface area contributed by atoms with E-state index in [0.717, 1.165) is 0 Å². The van der Waals surface area contributed by atoms with E-state index >= 15 is 0 Å². The van der Waals surface area contributed by atoms with Gasteiger partial charge in [0.1, 0.15) is 0 Å². The second-order valence-corrected chi connectivity index (χ2v) is 6.31. The van der Waals surface area contributed by atoms with Crippen LogP contribution in [0.15, 0.2) is 18.2 Å². The molecule has 0 radical (unpaired) electrons. The van der Waals surface area contributed by atoms with Crippen LogP contribution in [0.4, 0.5) is 11.4 Å². The number of carbonyl (C=O) groups is 1. The largest absolute Gasteiger partial charge is 0.465 e. The first kappa shape index (κ1) is 14.6. The SMILES string of the molecule is COC(=O)c1ccc(N)c(NCCS(C)(O)O)c1. The molecule has 102 valence electrons. The maximum Gasteiger partial charge on any atom is 0.337 e. The zero-order valence-electron chi connectivity index (χ0n) is 10.3. The van der Waals surface area contributed by atoms with Crippen LogP contribution in [0.5, 0.6) is 0 Å². The van der Waals surface area contributed by atoms with Gasteiger partial charge in [-0.2, -0.15) is 10.6 Å². The highest BCUT2D eigenvalue weighted by atomic mass is 32.3. The fourth-order valence-corrected chi connectivity index (χ4v) is 1.82. The third-order valence-corrected chi connectivity index (χ3v) is 3.26. The molecule has 0 aliphatic carbocycles. The van der Waals surface area contributed by atoms with Crippen LogP contribution in [0.3, 0.4) is 0 Å². The summed E-state index contributed by atoms with van der Waals surface area (Å²) in [5.41, 5.74) is 7.19. The molecule has 7 heteroatoms. The zero-order chi connectivity index (χ0) is 13.8. The lowest BCUT2D eigenvalue weighted by Crippen LogP contribution is -2.13. The van der Waals surface area contributed by atoms with Crippen LogP contribution in [-0.2, 0) is 4.74 Å². The number of esters is 1. The summed E-state index contributed by atoms with van der Waals surface area (Å²) in [6, 6.07) is 4.74. The molecule has 0 aromatic heterocycles. The van der Waals surface area contributed by atoms with E-state index in [1.807, 2.05) is 0 Å². The van der Waals surface area contributed by atoms with E-state index in [2.05, 4.69) is 10.1 Å². The normalized spacial score (nSPS) is 12.0. The van der Waals surface area contributed by atoms with Gasteiger partial charge in [0.15, 0.2) is 0 Å². The summed E-state index contributed by atoms with van der Waals surface area (Å²) < 4.78 is 23.1. The fraction of sp³-hybridized carbons (Fsp3) is 0.364. The standard InChI is InChI=1S/C11H18N2O4S/c1-17-11(14)8-3-4-9(12)10(7-8)13-5-6-18(2,15)16/h3-4,7,13,15-16H,5-6,12H2,1-2H3. The van der Waals surface area contributed by atoms with Crippen molar-refractivity contribution < 1.29 is 18.6 Å². The molecule has 1 aromatic rings. The first-order chi connectivity index (χ1) is 8.33. The second-order valence-electron chi connectivity index (χ2n) is 3.92. The van der Waals surface area contributed by atoms with Gasteiger partial charge in [0.05, 0.1) is 29.8 Å². The van der Waals surface area contributed by atoms with Crippen molar-refractivity contribution in [1.82, 2.24) is 0 Å². The quantitative estimate of drug-likeness (QED) is 0.482. The summed E-state index contributed by atoms with van der Waals surface area (Å²) >= 11 is 0. The topological polar surface area (TPSA) is 105 Å².